The molecule has 0 bridgehead atoms. The molecule has 0 spiro atoms. The maximum absolute atomic E-state index is 5.87. The monoisotopic (exact) mass is 282 g/mol. The maximum Gasteiger partial charge on any atom is 0.0577 e. The average Bonchev–Trinajstić information content (AvgIpc) is 2.69. The van der Waals surface area contributed by atoms with Gasteiger partial charge >= 0.3 is 0 Å². The number of thiophene rings is 1. The zero-order valence-electron chi connectivity index (χ0n) is 8.03. The molecule has 0 fully saturated rings. The molecular formula is C11H11BrN2S. The van der Waals surface area contributed by atoms with Gasteiger partial charge in [-0.25, -0.2) is 0 Å². The van der Waals surface area contributed by atoms with Crippen molar-refractivity contribution in [1.29, 1.82) is 0 Å². The van der Waals surface area contributed by atoms with Crippen molar-refractivity contribution >= 4 is 38.6 Å². The van der Waals surface area contributed by atoms with E-state index in [2.05, 4.69) is 32.7 Å². The molecule has 0 aliphatic heterocycles. The lowest BCUT2D eigenvalue weighted by Crippen LogP contribution is -2.00. The van der Waals surface area contributed by atoms with E-state index in [1.54, 1.807) is 11.3 Å². The van der Waals surface area contributed by atoms with Crippen LogP contribution >= 0.6 is 27.3 Å². The molecule has 0 atom stereocenters. The van der Waals surface area contributed by atoms with Gasteiger partial charge in [0.05, 0.1) is 11.4 Å². The second-order valence-corrected chi connectivity index (χ2v) is 5.11. The van der Waals surface area contributed by atoms with E-state index in [0.717, 1.165) is 22.4 Å². The van der Waals surface area contributed by atoms with E-state index in [1.165, 1.54) is 4.88 Å². The van der Waals surface area contributed by atoms with Gasteiger partial charge in [-0.15, -0.1) is 11.3 Å². The average molecular weight is 283 g/mol. The van der Waals surface area contributed by atoms with Crippen LogP contribution in [0.5, 0.6) is 0 Å². The highest BCUT2D eigenvalue weighted by molar-refractivity contribution is 9.10. The summed E-state index contributed by atoms with van der Waals surface area (Å²) in [6, 6.07) is 10.0. The first kappa shape index (κ1) is 10.5. The summed E-state index contributed by atoms with van der Waals surface area (Å²) < 4.78 is 1.00. The van der Waals surface area contributed by atoms with Crippen LogP contribution in [0.3, 0.4) is 0 Å². The quantitative estimate of drug-likeness (QED) is 0.843. The van der Waals surface area contributed by atoms with Gasteiger partial charge in [-0.3, -0.25) is 0 Å². The summed E-state index contributed by atoms with van der Waals surface area (Å²) in [6.07, 6.45) is 0. The minimum Gasteiger partial charge on any atom is -0.397 e. The number of hydrogen-bond donors (Lipinski definition) is 2. The third kappa shape index (κ3) is 2.73. The fraction of sp³-hybridized carbons (Fsp3) is 0.0909. The van der Waals surface area contributed by atoms with Gasteiger partial charge in [-0.2, -0.15) is 0 Å². The molecule has 0 amide bonds. The Hall–Kier alpha value is -1.00. The summed E-state index contributed by atoms with van der Waals surface area (Å²) in [5, 5.41) is 5.38. The first-order valence-electron chi connectivity index (χ1n) is 4.57. The Morgan fingerprint density at radius 3 is 2.87 bits per heavy atom. The predicted molar refractivity (Wildman–Crippen MR) is 70.2 cm³/mol. The molecule has 0 saturated heterocycles. The molecule has 3 N–H and O–H groups in total. The van der Waals surface area contributed by atoms with Crippen LogP contribution in [-0.2, 0) is 6.54 Å². The van der Waals surface area contributed by atoms with Crippen LogP contribution in [-0.4, -0.2) is 0 Å². The van der Waals surface area contributed by atoms with Crippen molar-refractivity contribution in [3.05, 3.63) is 45.1 Å². The second kappa shape index (κ2) is 4.68. The molecule has 15 heavy (non-hydrogen) atoms. The van der Waals surface area contributed by atoms with E-state index >= 15 is 0 Å². The van der Waals surface area contributed by atoms with Gasteiger partial charge in [0.25, 0.3) is 0 Å². The van der Waals surface area contributed by atoms with Crippen LogP contribution in [0.2, 0.25) is 0 Å². The van der Waals surface area contributed by atoms with E-state index < -0.39 is 0 Å². The minimum atomic E-state index is 0.765. The Balaban J connectivity index is 2.05. The third-order valence-electron chi connectivity index (χ3n) is 2.05. The first-order chi connectivity index (χ1) is 7.25. The fourth-order valence-electron chi connectivity index (χ4n) is 1.29. The highest BCUT2D eigenvalue weighted by Crippen LogP contribution is 2.23. The highest BCUT2D eigenvalue weighted by atomic mass is 79.9. The molecule has 78 valence electrons. The number of hydrogen-bond acceptors (Lipinski definition) is 3. The summed E-state index contributed by atoms with van der Waals surface area (Å²) in [5.74, 6) is 0. The largest absolute Gasteiger partial charge is 0.397 e. The molecule has 1 aromatic heterocycles. The molecular weight excluding hydrogens is 272 g/mol. The van der Waals surface area contributed by atoms with Crippen molar-refractivity contribution in [2.45, 2.75) is 6.54 Å². The van der Waals surface area contributed by atoms with Crippen LogP contribution in [0.15, 0.2) is 40.2 Å². The SMILES string of the molecule is Nc1cc(Br)ccc1NCc1cccs1. The van der Waals surface area contributed by atoms with E-state index in [-0.39, 0.29) is 0 Å². The van der Waals surface area contributed by atoms with E-state index in [1.807, 2.05) is 24.3 Å². The minimum absolute atomic E-state index is 0.765. The van der Waals surface area contributed by atoms with Gasteiger partial charge in [-0.1, -0.05) is 22.0 Å². The lowest BCUT2D eigenvalue weighted by atomic mass is 10.2. The molecule has 0 aliphatic rings. The van der Waals surface area contributed by atoms with Crippen LogP contribution in [0.1, 0.15) is 4.88 Å². The summed E-state index contributed by atoms with van der Waals surface area (Å²) in [5.41, 5.74) is 7.61. The zero-order chi connectivity index (χ0) is 10.7. The topological polar surface area (TPSA) is 38.0 Å². The number of halogens is 1. The van der Waals surface area contributed by atoms with Crippen molar-refractivity contribution in [2.24, 2.45) is 0 Å². The van der Waals surface area contributed by atoms with Gasteiger partial charge in [-0.05, 0) is 29.6 Å². The van der Waals surface area contributed by atoms with Gasteiger partial charge in [0.1, 0.15) is 0 Å². The Labute approximate surface area is 101 Å². The Bertz CT molecular complexity index is 440. The van der Waals surface area contributed by atoms with Gasteiger partial charge in [0.15, 0.2) is 0 Å². The van der Waals surface area contributed by atoms with E-state index in [9.17, 15) is 0 Å². The van der Waals surface area contributed by atoms with Crippen LogP contribution in [0, 0.1) is 0 Å². The lowest BCUT2D eigenvalue weighted by Gasteiger charge is -2.08. The molecule has 1 heterocycles. The molecule has 1 aromatic carbocycles. The fourth-order valence-corrected chi connectivity index (χ4v) is 2.31. The van der Waals surface area contributed by atoms with Crippen LogP contribution in [0.25, 0.3) is 0 Å². The predicted octanol–water partition coefficient (Wildman–Crippen LogP) is 3.70. The summed E-state index contributed by atoms with van der Waals surface area (Å²) in [4.78, 5) is 1.30. The van der Waals surface area contributed by atoms with Crippen molar-refractivity contribution in [3.8, 4) is 0 Å². The van der Waals surface area contributed by atoms with Crippen LogP contribution < -0.4 is 11.1 Å². The number of anilines is 2. The Kier molecular flexibility index (Phi) is 3.28. The van der Waals surface area contributed by atoms with Gasteiger partial charge in [0, 0.05) is 15.9 Å². The lowest BCUT2D eigenvalue weighted by molar-refractivity contribution is 1.19. The standard InChI is InChI=1S/C11H11BrN2S/c12-8-3-4-11(10(13)6-8)14-7-9-2-1-5-15-9/h1-6,14H,7,13H2. The zero-order valence-corrected chi connectivity index (χ0v) is 10.4. The molecule has 2 aromatic rings. The summed E-state index contributed by atoms with van der Waals surface area (Å²) >= 11 is 5.12. The van der Waals surface area contributed by atoms with Crippen molar-refractivity contribution in [1.82, 2.24) is 0 Å². The Morgan fingerprint density at radius 1 is 1.33 bits per heavy atom. The molecule has 0 radical (unpaired) electrons. The molecule has 4 heteroatoms. The third-order valence-corrected chi connectivity index (χ3v) is 3.42. The molecule has 2 rings (SSSR count). The molecule has 0 aliphatic carbocycles. The smallest absolute Gasteiger partial charge is 0.0577 e. The Morgan fingerprint density at radius 2 is 2.20 bits per heavy atom. The number of nitrogens with two attached hydrogens (primary N) is 1. The van der Waals surface area contributed by atoms with Crippen molar-refractivity contribution in [2.75, 3.05) is 11.1 Å². The summed E-state index contributed by atoms with van der Waals surface area (Å²) in [7, 11) is 0. The number of nitrogens with one attached hydrogen (secondary N) is 1. The van der Waals surface area contributed by atoms with Gasteiger partial charge < -0.3 is 11.1 Å². The van der Waals surface area contributed by atoms with Crippen molar-refractivity contribution in [3.63, 3.8) is 0 Å². The number of rotatable bonds is 3. The molecule has 0 saturated carbocycles. The molecule has 0 unspecified atom stereocenters. The second-order valence-electron chi connectivity index (χ2n) is 3.16. The maximum atomic E-state index is 5.87. The van der Waals surface area contributed by atoms with Crippen LogP contribution in [0.4, 0.5) is 11.4 Å². The number of nitrogen functional groups attached to an aromatic ring is 1. The van der Waals surface area contributed by atoms with Crippen molar-refractivity contribution < 1.29 is 0 Å². The highest BCUT2D eigenvalue weighted by Gasteiger charge is 1.99. The van der Waals surface area contributed by atoms with E-state index in [4.69, 9.17) is 5.73 Å². The molecule has 2 nitrogen and oxygen atoms in total. The normalized spacial score (nSPS) is 10.2. The van der Waals surface area contributed by atoms with E-state index in [0.29, 0.717) is 0 Å². The van der Waals surface area contributed by atoms with Gasteiger partial charge in [0.2, 0.25) is 0 Å². The first-order valence-corrected chi connectivity index (χ1v) is 6.24. The number of benzene rings is 1. The summed E-state index contributed by atoms with van der Waals surface area (Å²) in [6.45, 7) is 0.823.